The first-order valence-corrected chi connectivity index (χ1v) is 8.65. The van der Waals surface area contributed by atoms with Crippen molar-refractivity contribution in [3.63, 3.8) is 0 Å². The molecule has 0 bridgehead atoms. The van der Waals surface area contributed by atoms with Gasteiger partial charge >= 0.3 is 0 Å². The molecule has 2 aromatic carbocycles. The molecule has 0 aliphatic carbocycles. The van der Waals surface area contributed by atoms with Crippen molar-refractivity contribution >= 4 is 11.9 Å². The molecule has 1 aliphatic rings. The van der Waals surface area contributed by atoms with E-state index in [0.29, 0.717) is 28.6 Å². The van der Waals surface area contributed by atoms with Crippen molar-refractivity contribution in [1.82, 2.24) is 14.8 Å². The van der Waals surface area contributed by atoms with Crippen LogP contribution in [-0.4, -0.2) is 32.9 Å². The van der Waals surface area contributed by atoms with Crippen LogP contribution in [0.2, 0.25) is 0 Å². The van der Waals surface area contributed by atoms with E-state index in [1.807, 2.05) is 30.3 Å². The second kappa shape index (κ2) is 6.73. The number of primary amides is 1. The number of anilines is 1. The minimum atomic E-state index is -0.597. The molecule has 2 heterocycles. The number of phenols is 1. The molecule has 28 heavy (non-hydrogen) atoms. The molecule has 0 spiro atoms. The molecule has 8 heteroatoms. The van der Waals surface area contributed by atoms with Crippen LogP contribution in [0.5, 0.6) is 11.5 Å². The van der Waals surface area contributed by atoms with Crippen molar-refractivity contribution in [2.24, 2.45) is 5.73 Å². The highest BCUT2D eigenvalue weighted by Crippen LogP contribution is 2.36. The predicted molar refractivity (Wildman–Crippen MR) is 104 cm³/mol. The SMILES string of the molecule is COc1ccc(-c2nc3n(n2)C(c2cccc(O)c2)C(C(N)=O)=C(C)N3)cc1. The number of hydrogen-bond acceptors (Lipinski definition) is 6. The monoisotopic (exact) mass is 377 g/mol. The maximum Gasteiger partial charge on any atom is 0.248 e. The van der Waals surface area contributed by atoms with Gasteiger partial charge in [0.15, 0.2) is 5.82 Å². The summed E-state index contributed by atoms with van der Waals surface area (Å²) in [7, 11) is 1.60. The van der Waals surface area contributed by atoms with Gasteiger partial charge in [-0.2, -0.15) is 4.98 Å². The molecule has 0 saturated heterocycles. The second-order valence-corrected chi connectivity index (χ2v) is 6.46. The molecule has 1 aliphatic heterocycles. The summed E-state index contributed by atoms with van der Waals surface area (Å²) < 4.78 is 6.80. The number of carbonyl (C=O) groups excluding carboxylic acids is 1. The second-order valence-electron chi connectivity index (χ2n) is 6.46. The van der Waals surface area contributed by atoms with Crippen LogP contribution in [0.25, 0.3) is 11.4 Å². The van der Waals surface area contributed by atoms with E-state index in [2.05, 4.69) is 15.4 Å². The van der Waals surface area contributed by atoms with Gasteiger partial charge in [-0.15, -0.1) is 5.10 Å². The summed E-state index contributed by atoms with van der Waals surface area (Å²) in [6, 6.07) is 13.5. The molecule has 4 N–H and O–H groups in total. The van der Waals surface area contributed by atoms with E-state index in [-0.39, 0.29) is 5.75 Å². The number of benzene rings is 2. The number of rotatable bonds is 4. The molecular formula is C20H19N5O3. The van der Waals surface area contributed by atoms with Crippen LogP contribution in [0.4, 0.5) is 5.95 Å². The Morgan fingerprint density at radius 1 is 1.25 bits per heavy atom. The maximum absolute atomic E-state index is 12.2. The Morgan fingerprint density at radius 3 is 2.64 bits per heavy atom. The van der Waals surface area contributed by atoms with E-state index in [1.165, 1.54) is 0 Å². The maximum atomic E-state index is 12.2. The third kappa shape index (κ3) is 2.94. The number of methoxy groups -OCH3 is 1. The Hall–Kier alpha value is -3.81. The lowest BCUT2D eigenvalue weighted by Crippen LogP contribution is -2.31. The molecule has 1 amide bonds. The molecule has 142 valence electrons. The molecular weight excluding hydrogens is 358 g/mol. The molecule has 1 aromatic heterocycles. The first-order valence-electron chi connectivity index (χ1n) is 8.65. The summed E-state index contributed by atoms with van der Waals surface area (Å²) in [5, 5.41) is 17.6. The van der Waals surface area contributed by atoms with Crippen molar-refractivity contribution in [2.45, 2.75) is 13.0 Å². The fourth-order valence-electron chi connectivity index (χ4n) is 3.34. The number of fused-ring (bicyclic) bond motifs is 1. The molecule has 1 atom stereocenters. The number of ether oxygens (including phenoxy) is 1. The number of phenolic OH excluding ortho intramolecular Hbond substituents is 1. The third-order valence-corrected chi connectivity index (χ3v) is 4.65. The van der Waals surface area contributed by atoms with Crippen molar-refractivity contribution in [1.29, 1.82) is 0 Å². The number of carbonyl (C=O) groups is 1. The molecule has 1 unspecified atom stereocenters. The number of nitrogens with one attached hydrogen (secondary N) is 1. The van der Waals surface area contributed by atoms with Crippen LogP contribution in [-0.2, 0) is 4.79 Å². The van der Waals surface area contributed by atoms with Crippen molar-refractivity contribution < 1.29 is 14.6 Å². The van der Waals surface area contributed by atoms with Gasteiger partial charge in [-0.25, -0.2) is 4.68 Å². The summed E-state index contributed by atoms with van der Waals surface area (Å²) in [5.41, 5.74) is 8.11. The smallest absolute Gasteiger partial charge is 0.248 e. The Labute approximate surface area is 161 Å². The average Bonchev–Trinajstić information content (AvgIpc) is 3.10. The zero-order chi connectivity index (χ0) is 19.8. The summed E-state index contributed by atoms with van der Waals surface area (Å²) in [6.45, 7) is 1.77. The highest BCUT2D eigenvalue weighted by atomic mass is 16.5. The Morgan fingerprint density at radius 2 is 2.00 bits per heavy atom. The minimum absolute atomic E-state index is 0.0922. The lowest BCUT2D eigenvalue weighted by molar-refractivity contribution is -0.115. The first-order chi connectivity index (χ1) is 13.5. The normalized spacial score (nSPS) is 15.7. The van der Waals surface area contributed by atoms with Crippen LogP contribution >= 0.6 is 0 Å². The van der Waals surface area contributed by atoms with E-state index >= 15 is 0 Å². The topological polar surface area (TPSA) is 115 Å². The molecule has 0 fully saturated rings. The highest BCUT2D eigenvalue weighted by Gasteiger charge is 2.33. The quantitative estimate of drug-likeness (QED) is 0.643. The third-order valence-electron chi connectivity index (χ3n) is 4.65. The Kier molecular flexibility index (Phi) is 4.23. The molecule has 8 nitrogen and oxygen atoms in total. The van der Waals surface area contributed by atoms with E-state index in [0.717, 1.165) is 11.3 Å². The zero-order valence-corrected chi connectivity index (χ0v) is 15.4. The number of aromatic hydroxyl groups is 1. The van der Waals surface area contributed by atoms with Crippen LogP contribution < -0.4 is 15.8 Å². The zero-order valence-electron chi connectivity index (χ0n) is 15.4. The number of hydrogen-bond donors (Lipinski definition) is 3. The van der Waals surface area contributed by atoms with Crippen LogP contribution in [0.1, 0.15) is 18.5 Å². The van der Waals surface area contributed by atoms with Crippen molar-refractivity contribution in [3.8, 4) is 22.9 Å². The molecule has 3 aromatic rings. The van der Waals surface area contributed by atoms with Gasteiger partial charge in [-0.1, -0.05) is 12.1 Å². The number of allylic oxidation sites excluding steroid dienone is 1. The largest absolute Gasteiger partial charge is 0.508 e. The van der Waals surface area contributed by atoms with Crippen molar-refractivity contribution in [3.05, 3.63) is 65.4 Å². The van der Waals surface area contributed by atoms with E-state index in [4.69, 9.17) is 10.5 Å². The lowest BCUT2D eigenvalue weighted by atomic mass is 9.95. The van der Waals surface area contributed by atoms with Gasteiger partial charge in [-0.3, -0.25) is 4.79 Å². The Bertz CT molecular complexity index is 1090. The average molecular weight is 377 g/mol. The number of nitrogens with two attached hydrogens (primary N) is 1. The van der Waals surface area contributed by atoms with Gasteiger partial charge < -0.3 is 20.9 Å². The number of aromatic nitrogens is 3. The standard InChI is InChI=1S/C20H19N5O3/c1-11-16(18(21)27)17(13-4-3-5-14(26)10-13)25-20(22-11)23-19(24-25)12-6-8-15(28-2)9-7-12/h3-10,17,26H,1-2H3,(H2,21,27)(H,22,23,24). The van der Waals surface area contributed by atoms with Gasteiger partial charge in [0.1, 0.15) is 17.5 Å². The van der Waals surface area contributed by atoms with Crippen molar-refractivity contribution in [2.75, 3.05) is 12.4 Å². The predicted octanol–water partition coefficient (Wildman–Crippen LogP) is 2.43. The molecule has 0 saturated carbocycles. The van der Waals surface area contributed by atoms with Gasteiger partial charge in [0.2, 0.25) is 11.9 Å². The van der Waals surface area contributed by atoms with Crippen LogP contribution in [0.15, 0.2) is 59.8 Å². The Balaban J connectivity index is 1.85. The van der Waals surface area contributed by atoms with E-state index in [1.54, 1.807) is 36.9 Å². The highest BCUT2D eigenvalue weighted by molar-refractivity contribution is 5.95. The number of nitrogens with zero attached hydrogens (tertiary/aromatic N) is 3. The number of amides is 1. The van der Waals surface area contributed by atoms with Gasteiger partial charge in [-0.05, 0) is 48.9 Å². The fourth-order valence-corrected chi connectivity index (χ4v) is 3.34. The van der Waals surface area contributed by atoms with Gasteiger partial charge in [0.25, 0.3) is 0 Å². The minimum Gasteiger partial charge on any atom is -0.508 e. The van der Waals surface area contributed by atoms with Gasteiger partial charge in [0.05, 0.1) is 12.7 Å². The summed E-state index contributed by atoms with van der Waals surface area (Å²) in [6.07, 6.45) is 0. The molecule has 4 rings (SSSR count). The molecule has 0 radical (unpaired) electrons. The van der Waals surface area contributed by atoms with Crippen LogP contribution in [0.3, 0.4) is 0 Å². The van der Waals surface area contributed by atoms with E-state index < -0.39 is 11.9 Å². The summed E-state index contributed by atoms with van der Waals surface area (Å²) in [5.74, 6) is 1.24. The fraction of sp³-hybridized carbons (Fsp3) is 0.150. The first kappa shape index (κ1) is 17.6. The summed E-state index contributed by atoms with van der Waals surface area (Å²) in [4.78, 5) is 16.7. The lowest BCUT2D eigenvalue weighted by Gasteiger charge is -2.27. The van der Waals surface area contributed by atoms with E-state index in [9.17, 15) is 9.90 Å². The summed E-state index contributed by atoms with van der Waals surface area (Å²) >= 11 is 0. The van der Waals surface area contributed by atoms with Gasteiger partial charge in [0, 0.05) is 11.3 Å². The van der Waals surface area contributed by atoms with Crippen LogP contribution in [0, 0.1) is 0 Å².